The third-order valence-electron chi connectivity index (χ3n) is 4.05. The van der Waals surface area contributed by atoms with E-state index >= 15 is 0 Å². The van der Waals surface area contributed by atoms with Gasteiger partial charge in [0.2, 0.25) is 0 Å². The van der Waals surface area contributed by atoms with E-state index in [9.17, 15) is 0 Å². The van der Waals surface area contributed by atoms with E-state index < -0.39 is 0 Å². The highest BCUT2D eigenvalue weighted by Crippen LogP contribution is 2.37. The van der Waals surface area contributed by atoms with Gasteiger partial charge >= 0.3 is 7.12 Å². The highest BCUT2D eigenvalue weighted by Gasteiger charge is 2.50. The molecule has 2 rings (SSSR count). The van der Waals surface area contributed by atoms with Crippen LogP contribution in [0.2, 0.25) is 11.3 Å². The average Bonchev–Trinajstić information content (AvgIpc) is 2.56. The quantitative estimate of drug-likeness (QED) is 0.740. The molecule has 0 radical (unpaired) electrons. The van der Waals surface area contributed by atoms with Gasteiger partial charge in [0.1, 0.15) is 0 Å². The van der Waals surface area contributed by atoms with E-state index in [0.29, 0.717) is 0 Å². The average molecular weight is 293 g/mol. The maximum Gasteiger partial charge on any atom is 0.458 e. The minimum atomic E-state index is -0.239. The predicted octanol–water partition coefficient (Wildman–Crippen LogP) is 4.84. The predicted molar refractivity (Wildman–Crippen MR) is 86.0 cm³/mol. The summed E-state index contributed by atoms with van der Waals surface area (Å²) in [5.74, 6) is 0. The number of rotatable bonds is 4. The first-order valence-electron chi connectivity index (χ1n) is 7.08. The van der Waals surface area contributed by atoms with Crippen LogP contribution in [0.25, 0.3) is 6.08 Å². The largest absolute Gasteiger partial charge is 0.458 e. The van der Waals surface area contributed by atoms with Gasteiger partial charge < -0.3 is 9.31 Å². The Hall–Kier alpha value is -0.765. The molecule has 1 aliphatic heterocycles. The molecule has 0 atom stereocenters. The van der Waals surface area contributed by atoms with E-state index in [0.717, 1.165) is 23.3 Å². The highest BCUT2D eigenvalue weighted by molar-refractivity contribution is 6.45. The van der Waals surface area contributed by atoms with Crippen molar-refractivity contribution in [3.8, 4) is 0 Å². The monoisotopic (exact) mass is 292 g/mol. The standard InChI is InChI=1S/C16H22BClO2/c1-15(2)16(3,4)20-17(19-15)12-6-5-7-13-8-10-14(18)11-9-13/h5,7-11H,6,12H2,1-4H3/b7-5+. The van der Waals surface area contributed by atoms with Crippen molar-refractivity contribution in [3.63, 3.8) is 0 Å². The zero-order chi connectivity index (χ0) is 14.8. The van der Waals surface area contributed by atoms with Crippen molar-refractivity contribution >= 4 is 24.8 Å². The van der Waals surface area contributed by atoms with Gasteiger partial charge in [-0.1, -0.05) is 35.9 Å². The summed E-state index contributed by atoms with van der Waals surface area (Å²) < 4.78 is 11.9. The normalized spacial score (nSPS) is 20.8. The van der Waals surface area contributed by atoms with Crippen LogP contribution in [0.5, 0.6) is 0 Å². The number of benzene rings is 1. The molecule has 1 aromatic rings. The van der Waals surface area contributed by atoms with Gasteiger partial charge in [0.05, 0.1) is 11.2 Å². The van der Waals surface area contributed by atoms with E-state index in [2.05, 4.69) is 39.8 Å². The maximum atomic E-state index is 5.96. The highest BCUT2D eigenvalue weighted by atomic mass is 35.5. The zero-order valence-corrected chi connectivity index (χ0v) is 13.4. The van der Waals surface area contributed by atoms with Crippen LogP contribution in [0.15, 0.2) is 30.3 Å². The van der Waals surface area contributed by atoms with Crippen molar-refractivity contribution in [2.45, 2.75) is 51.6 Å². The summed E-state index contributed by atoms with van der Waals surface area (Å²) in [6.45, 7) is 8.32. The molecule has 0 aliphatic carbocycles. The summed E-state index contributed by atoms with van der Waals surface area (Å²) >= 11 is 5.86. The molecule has 1 fully saturated rings. The first-order valence-corrected chi connectivity index (χ1v) is 7.46. The lowest BCUT2D eigenvalue weighted by molar-refractivity contribution is 0.00578. The lowest BCUT2D eigenvalue weighted by Gasteiger charge is -2.32. The van der Waals surface area contributed by atoms with Gasteiger partial charge in [0, 0.05) is 5.02 Å². The molecular weight excluding hydrogens is 270 g/mol. The second-order valence-corrected chi connectivity index (χ2v) is 6.65. The lowest BCUT2D eigenvalue weighted by atomic mass is 9.83. The second-order valence-electron chi connectivity index (χ2n) is 6.22. The summed E-state index contributed by atoms with van der Waals surface area (Å²) in [7, 11) is -0.116. The van der Waals surface area contributed by atoms with Crippen molar-refractivity contribution in [1.29, 1.82) is 0 Å². The van der Waals surface area contributed by atoms with Crippen LogP contribution < -0.4 is 0 Å². The molecule has 1 aromatic carbocycles. The number of allylic oxidation sites excluding steroid dienone is 1. The first kappa shape index (κ1) is 15.6. The molecule has 0 spiro atoms. The van der Waals surface area contributed by atoms with E-state index in [1.807, 2.05) is 24.3 Å². The van der Waals surface area contributed by atoms with E-state index in [4.69, 9.17) is 20.9 Å². The molecule has 0 bridgehead atoms. The lowest BCUT2D eigenvalue weighted by Crippen LogP contribution is -2.41. The van der Waals surface area contributed by atoms with Crippen LogP contribution in [0.1, 0.15) is 39.7 Å². The van der Waals surface area contributed by atoms with Crippen LogP contribution >= 0.6 is 11.6 Å². The molecule has 0 saturated carbocycles. The van der Waals surface area contributed by atoms with Gasteiger partial charge in [0.15, 0.2) is 0 Å². The van der Waals surface area contributed by atoms with Gasteiger partial charge in [-0.15, -0.1) is 0 Å². The molecule has 20 heavy (non-hydrogen) atoms. The Labute approximate surface area is 127 Å². The van der Waals surface area contributed by atoms with Crippen molar-refractivity contribution in [2.24, 2.45) is 0 Å². The summed E-state index contributed by atoms with van der Waals surface area (Å²) in [5.41, 5.74) is 0.679. The Morgan fingerprint density at radius 3 is 2.15 bits per heavy atom. The smallest absolute Gasteiger partial charge is 0.403 e. The topological polar surface area (TPSA) is 18.5 Å². The van der Waals surface area contributed by atoms with E-state index in [-0.39, 0.29) is 18.3 Å². The number of hydrogen-bond acceptors (Lipinski definition) is 2. The fourth-order valence-corrected chi connectivity index (χ4v) is 2.23. The number of hydrogen-bond donors (Lipinski definition) is 0. The third-order valence-corrected chi connectivity index (χ3v) is 4.30. The Kier molecular flexibility index (Phi) is 4.63. The molecule has 0 aromatic heterocycles. The van der Waals surface area contributed by atoms with E-state index in [1.165, 1.54) is 0 Å². The molecule has 1 heterocycles. The van der Waals surface area contributed by atoms with Crippen LogP contribution in [-0.4, -0.2) is 18.3 Å². The SMILES string of the molecule is CC1(C)OB(CC/C=C/c2ccc(Cl)cc2)OC1(C)C. The van der Waals surface area contributed by atoms with Crippen molar-refractivity contribution in [1.82, 2.24) is 0 Å². The molecule has 108 valence electrons. The van der Waals surface area contributed by atoms with E-state index in [1.54, 1.807) is 0 Å². The van der Waals surface area contributed by atoms with Gasteiger partial charge in [-0.2, -0.15) is 0 Å². The molecule has 1 saturated heterocycles. The van der Waals surface area contributed by atoms with Gasteiger partial charge in [0.25, 0.3) is 0 Å². The minimum absolute atomic E-state index is 0.116. The summed E-state index contributed by atoms with van der Waals surface area (Å²) in [6, 6.07) is 7.81. The van der Waals surface area contributed by atoms with Crippen LogP contribution in [-0.2, 0) is 9.31 Å². The summed E-state index contributed by atoms with van der Waals surface area (Å²) in [4.78, 5) is 0. The zero-order valence-electron chi connectivity index (χ0n) is 12.7. The minimum Gasteiger partial charge on any atom is -0.403 e. The van der Waals surface area contributed by atoms with Gasteiger partial charge in [-0.3, -0.25) is 0 Å². The molecular formula is C16H22BClO2. The summed E-state index contributed by atoms with van der Waals surface area (Å²) in [6.07, 6.45) is 6.05. The van der Waals surface area contributed by atoms with Crippen LogP contribution in [0.4, 0.5) is 0 Å². The van der Waals surface area contributed by atoms with Gasteiger partial charge in [-0.05, 0) is 58.1 Å². The maximum absolute atomic E-state index is 5.96. The second kappa shape index (κ2) is 5.93. The van der Waals surface area contributed by atoms with Gasteiger partial charge in [-0.25, -0.2) is 0 Å². The molecule has 0 unspecified atom stereocenters. The molecule has 1 aliphatic rings. The Bertz CT molecular complexity index is 464. The molecule has 0 amide bonds. The van der Waals surface area contributed by atoms with Crippen LogP contribution in [0, 0.1) is 0 Å². The van der Waals surface area contributed by atoms with Crippen molar-refractivity contribution < 1.29 is 9.31 Å². The third kappa shape index (κ3) is 3.66. The fraction of sp³-hybridized carbons (Fsp3) is 0.500. The fourth-order valence-electron chi connectivity index (χ4n) is 2.11. The first-order chi connectivity index (χ1) is 9.30. The molecule has 4 heteroatoms. The van der Waals surface area contributed by atoms with Crippen LogP contribution in [0.3, 0.4) is 0 Å². The Morgan fingerprint density at radius 2 is 1.60 bits per heavy atom. The summed E-state index contributed by atoms with van der Waals surface area (Å²) in [5, 5.41) is 0.763. The molecule has 2 nitrogen and oxygen atoms in total. The Morgan fingerprint density at radius 1 is 1.05 bits per heavy atom. The number of halogens is 1. The van der Waals surface area contributed by atoms with Crippen molar-refractivity contribution in [3.05, 3.63) is 40.9 Å². The molecule has 0 N–H and O–H groups in total. The van der Waals surface area contributed by atoms with Crippen molar-refractivity contribution in [2.75, 3.05) is 0 Å². The Balaban J connectivity index is 1.81.